The summed E-state index contributed by atoms with van der Waals surface area (Å²) in [5, 5.41) is 13.8. The molecule has 0 amide bonds. The highest BCUT2D eigenvalue weighted by Gasteiger charge is 2.35. The Morgan fingerprint density at radius 2 is 1.71 bits per heavy atom. The number of halogens is 3. The number of anilines is 4. The van der Waals surface area contributed by atoms with Gasteiger partial charge in [0.25, 0.3) is 0 Å². The van der Waals surface area contributed by atoms with Crippen molar-refractivity contribution >= 4 is 34.0 Å². The van der Waals surface area contributed by atoms with Crippen LogP contribution in [0.25, 0.3) is 33.5 Å². The number of rotatable bonds is 6. The van der Waals surface area contributed by atoms with Crippen LogP contribution >= 0.6 is 0 Å². The molecule has 7 N–H and O–H groups in total. The molecule has 0 atom stereocenters. The zero-order chi connectivity index (χ0) is 29.5. The van der Waals surface area contributed by atoms with Crippen molar-refractivity contribution in [3.63, 3.8) is 0 Å². The van der Waals surface area contributed by atoms with Gasteiger partial charge in [0.2, 0.25) is 0 Å². The number of hydrogen-bond donors (Lipinski definition) is 5. The van der Waals surface area contributed by atoms with Crippen molar-refractivity contribution in [2.24, 2.45) is 5.73 Å². The Hall–Kier alpha value is -4.75. The number of nitrogens with one attached hydrogen (secondary N) is 2. The molecule has 0 radical (unpaired) electrons. The van der Waals surface area contributed by atoms with Gasteiger partial charge in [-0.25, -0.2) is 15.0 Å². The van der Waals surface area contributed by atoms with E-state index < -0.39 is 17.3 Å². The maximum atomic E-state index is 13.8. The van der Waals surface area contributed by atoms with Crippen molar-refractivity contribution in [3.8, 4) is 22.6 Å². The largest absolute Gasteiger partial charge is 0.418 e. The number of aliphatic hydroxyl groups is 1. The summed E-state index contributed by atoms with van der Waals surface area (Å²) >= 11 is 0. The van der Waals surface area contributed by atoms with Crippen molar-refractivity contribution < 1.29 is 18.3 Å². The van der Waals surface area contributed by atoms with E-state index in [0.717, 1.165) is 22.7 Å². The first-order valence-electron chi connectivity index (χ1n) is 13.3. The Morgan fingerprint density at radius 3 is 2.48 bits per heavy atom. The van der Waals surface area contributed by atoms with Gasteiger partial charge in [-0.2, -0.15) is 13.2 Å². The molecule has 1 aliphatic rings. The number of H-pyrrole nitrogens is 1. The van der Waals surface area contributed by atoms with Gasteiger partial charge in [-0.05, 0) is 43.2 Å². The molecule has 5 heterocycles. The highest BCUT2D eigenvalue weighted by Crippen LogP contribution is 2.41. The minimum absolute atomic E-state index is 0.0385. The molecule has 1 aliphatic heterocycles. The number of nitrogens with two attached hydrogens (primary N) is 2. The zero-order valence-corrected chi connectivity index (χ0v) is 22.4. The third-order valence-electron chi connectivity index (χ3n) is 7.54. The van der Waals surface area contributed by atoms with Crippen LogP contribution in [0.4, 0.5) is 36.3 Å². The lowest BCUT2D eigenvalue weighted by atomic mass is 9.89. The molecule has 42 heavy (non-hydrogen) atoms. The Labute approximate surface area is 238 Å². The summed E-state index contributed by atoms with van der Waals surface area (Å²) in [5.41, 5.74) is 12.9. The van der Waals surface area contributed by atoms with Gasteiger partial charge in [0.05, 0.1) is 29.6 Å². The van der Waals surface area contributed by atoms with Gasteiger partial charge in [0.15, 0.2) is 5.82 Å². The number of piperidine rings is 1. The summed E-state index contributed by atoms with van der Waals surface area (Å²) in [6, 6.07) is 13.4. The fourth-order valence-corrected chi connectivity index (χ4v) is 5.23. The van der Waals surface area contributed by atoms with E-state index in [1.807, 2.05) is 36.4 Å². The van der Waals surface area contributed by atoms with E-state index in [1.54, 1.807) is 6.20 Å². The van der Waals surface area contributed by atoms with Crippen molar-refractivity contribution in [1.82, 2.24) is 24.9 Å². The number of aliphatic hydroxyl groups excluding tert-OH is 1. The molecule has 13 heteroatoms. The number of benzene rings is 1. The second kappa shape index (κ2) is 10.6. The van der Waals surface area contributed by atoms with E-state index in [0.29, 0.717) is 43.1 Å². The molecule has 1 saturated heterocycles. The van der Waals surface area contributed by atoms with Crippen LogP contribution in [-0.4, -0.2) is 55.3 Å². The highest BCUT2D eigenvalue weighted by molar-refractivity contribution is 6.04. The van der Waals surface area contributed by atoms with E-state index in [1.165, 1.54) is 18.5 Å². The maximum Gasteiger partial charge on any atom is 0.418 e. The second-order valence-corrected chi connectivity index (χ2v) is 10.3. The number of aromatic nitrogens is 5. The average molecular weight is 576 g/mol. The molecule has 0 aliphatic carbocycles. The van der Waals surface area contributed by atoms with E-state index in [9.17, 15) is 18.3 Å². The molecule has 0 unspecified atom stereocenters. The third-order valence-corrected chi connectivity index (χ3v) is 7.54. The van der Waals surface area contributed by atoms with Gasteiger partial charge in [-0.15, -0.1) is 0 Å². The zero-order valence-electron chi connectivity index (χ0n) is 22.4. The predicted octanol–water partition coefficient (Wildman–Crippen LogP) is 4.72. The molecule has 0 spiro atoms. The fourth-order valence-electron chi connectivity index (χ4n) is 5.23. The average Bonchev–Trinajstić information content (AvgIpc) is 3.35. The topological polar surface area (TPSA) is 155 Å². The van der Waals surface area contributed by atoms with Gasteiger partial charge in [0.1, 0.15) is 28.7 Å². The van der Waals surface area contributed by atoms with Crippen LogP contribution in [-0.2, 0) is 6.18 Å². The Balaban J connectivity index is 1.44. The molecule has 216 valence electrons. The first-order valence-corrected chi connectivity index (χ1v) is 13.3. The van der Waals surface area contributed by atoms with Crippen LogP contribution in [0.5, 0.6) is 0 Å². The molecule has 1 aromatic carbocycles. The maximum absolute atomic E-state index is 13.8. The molecular formula is C29H28F3N9O. The molecule has 5 aromatic rings. The van der Waals surface area contributed by atoms with Crippen LogP contribution in [0.1, 0.15) is 18.4 Å². The van der Waals surface area contributed by atoms with Gasteiger partial charge >= 0.3 is 6.18 Å². The molecular weight excluding hydrogens is 547 g/mol. The number of pyridine rings is 2. The van der Waals surface area contributed by atoms with Crippen LogP contribution < -0.4 is 21.7 Å². The minimum Gasteiger partial charge on any atom is -0.394 e. The van der Waals surface area contributed by atoms with Crippen molar-refractivity contribution in [2.75, 3.05) is 35.6 Å². The van der Waals surface area contributed by atoms with Crippen molar-refractivity contribution in [2.45, 2.75) is 24.6 Å². The summed E-state index contributed by atoms with van der Waals surface area (Å²) in [5.74, 6) is 1.08. The van der Waals surface area contributed by atoms with Crippen LogP contribution in [0, 0.1) is 0 Å². The SMILES string of the molecule is Nc1ncc(-c2ncccc2C(F)(F)F)nc1-c1c(Nc2ncccc2N2CCC(N)(CO)CC2)[nH]c2ccccc12. The molecule has 0 saturated carbocycles. The number of para-hydroxylation sites is 1. The van der Waals surface area contributed by atoms with Gasteiger partial charge < -0.3 is 31.8 Å². The number of hydrogen-bond acceptors (Lipinski definition) is 9. The summed E-state index contributed by atoms with van der Waals surface area (Å²) < 4.78 is 41.4. The number of nitrogen functional groups attached to an aromatic ring is 1. The standard InChI is InChI=1S/C29H28F3N9O/c30-29(31,32)18-6-3-11-35-23(18)20-15-37-25(33)24(38-20)22-17-5-1-2-7-19(17)39-27(22)40-26-21(8-4-12-36-26)41-13-9-28(34,16-42)10-14-41/h1-8,11-12,15,39,42H,9-10,13-14,16,34H2,(H2,33,37)(H,36,40). The van der Waals surface area contributed by atoms with E-state index in [4.69, 9.17) is 11.5 Å². The Kier molecular flexibility index (Phi) is 6.91. The van der Waals surface area contributed by atoms with Gasteiger partial charge in [-0.1, -0.05) is 18.2 Å². The molecule has 1 fully saturated rings. The number of nitrogens with zero attached hydrogens (tertiary/aromatic N) is 5. The van der Waals surface area contributed by atoms with Crippen molar-refractivity contribution in [3.05, 3.63) is 72.7 Å². The lowest BCUT2D eigenvalue weighted by Crippen LogP contribution is -2.53. The molecule has 0 bridgehead atoms. The fraction of sp³-hybridized carbons (Fsp3) is 0.241. The first kappa shape index (κ1) is 27.4. The van der Waals surface area contributed by atoms with Gasteiger partial charge in [-0.3, -0.25) is 4.98 Å². The quantitative estimate of drug-likeness (QED) is 0.193. The molecule has 10 nitrogen and oxygen atoms in total. The van der Waals surface area contributed by atoms with E-state index >= 15 is 0 Å². The molecule has 6 rings (SSSR count). The van der Waals surface area contributed by atoms with Crippen molar-refractivity contribution in [1.29, 1.82) is 0 Å². The van der Waals surface area contributed by atoms with E-state index in [2.05, 4.69) is 35.1 Å². The first-order chi connectivity index (χ1) is 20.2. The summed E-state index contributed by atoms with van der Waals surface area (Å²) in [6.07, 6.45) is 0.719. The van der Waals surface area contributed by atoms with E-state index in [-0.39, 0.29) is 29.5 Å². The third kappa shape index (κ3) is 5.08. The normalized spacial score (nSPS) is 15.2. The Morgan fingerprint density at radius 1 is 0.976 bits per heavy atom. The highest BCUT2D eigenvalue weighted by atomic mass is 19.4. The number of fused-ring (bicyclic) bond motifs is 1. The second-order valence-electron chi connectivity index (χ2n) is 10.3. The number of alkyl halides is 3. The molecule has 4 aromatic heterocycles. The van der Waals surface area contributed by atoms with Crippen LogP contribution in [0.2, 0.25) is 0 Å². The van der Waals surface area contributed by atoms with Crippen LogP contribution in [0.15, 0.2) is 67.1 Å². The smallest absolute Gasteiger partial charge is 0.394 e. The lowest BCUT2D eigenvalue weighted by Gasteiger charge is -2.39. The lowest BCUT2D eigenvalue weighted by molar-refractivity contribution is -0.137. The number of aromatic amines is 1. The predicted molar refractivity (Wildman–Crippen MR) is 155 cm³/mol. The van der Waals surface area contributed by atoms with Crippen LogP contribution in [0.3, 0.4) is 0 Å². The van der Waals surface area contributed by atoms with Gasteiger partial charge in [0, 0.05) is 41.9 Å². The minimum atomic E-state index is -4.63. The summed E-state index contributed by atoms with van der Waals surface area (Å²) in [6.45, 7) is 1.17. The summed E-state index contributed by atoms with van der Waals surface area (Å²) in [4.78, 5) is 22.8. The Bertz CT molecular complexity index is 1750. The monoisotopic (exact) mass is 575 g/mol. The summed E-state index contributed by atoms with van der Waals surface area (Å²) in [7, 11) is 0.